The first-order chi connectivity index (χ1) is 9.65. The van der Waals surface area contributed by atoms with Gasteiger partial charge >= 0.3 is 0 Å². The Hall–Kier alpha value is -1.81. The third-order valence-corrected chi connectivity index (χ3v) is 4.32. The molecular weight excluding hydrogens is 250 g/mol. The van der Waals surface area contributed by atoms with Crippen LogP contribution in [0.15, 0.2) is 30.3 Å². The highest BCUT2D eigenvalue weighted by Crippen LogP contribution is 2.19. The second kappa shape index (κ2) is 5.29. The van der Waals surface area contributed by atoms with Gasteiger partial charge in [0.05, 0.1) is 0 Å². The Kier molecular flexibility index (Phi) is 3.49. The molecule has 3 rings (SSSR count). The monoisotopic (exact) mass is 271 g/mol. The summed E-state index contributed by atoms with van der Waals surface area (Å²) in [5.41, 5.74) is 1.71. The first-order valence-corrected chi connectivity index (χ1v) is 7.18. The molecule has 1 amide bonds. The number of benzene rings is 1. The number of para-hydroxylation sites is 1. The molecule has 0 unspecified atom stereocenters. The van der Waals surface area contributed by atoms with Crippen LogP contribution in [0.3, 0.4) is 0 Å². The van der Waals surface area contributed by atoms with E-state index in [0.29, 0.717) is 11.7 Å². The number of nitrogens with zero attached hydrogens (tertiary/aromatic N) is 2. The molecule has 4 nitrogen and oxygen atoms in total. The SMILES string of the molecule is CN1CCC(N(C)C(=O)c2cc3ccccc3[nH]2)CC1. The molecule has 106 valence electrons. The first kappa shape index (κ1) is 13.2. The van der Waals surface area contributed by atoms with Crippen molar-refractivity contribution in [1.82, 2.24) is 14.8 Å². The fourth-order valence-electron chi connectivity index (χ4n) is 2.93. The van der Waals surface area contributed by atoms with Gasteiger partial charge in [0.2, 0.25) is 0 Å². The summed E-state index contributed by atoms with van der Waals surface area (Å²) in [6.45, 7) is 2.13. The van der Waals surface area contributed by atoms with Crippen LogP contribution in [-0.2, 0) is 0 Å². The molecule has 0 radical (unpaired) electrons. The van der Waals surface area contributed by atoms with E-state index in [9.17, 15) is 4.79 Å². The zero-order chi connectivity index (χ0) is 14.1. The standard InChI is InChI=1S/C16H21N3O/c1-18-9-7-13(8-10-18)19(2)16(20)15-11-12-5-3-4-6-14(12)17-15/h3-6,11,13,17H,7-10H2,1-2H3. The molecule has 1 saturated heterocycles. The maximum Gasteiger partial charge on any atom is 0.270 e. The highest BCUT2D eigenvalue weighted by molar-refractivity contribution is 5.98. The van der Waals surface area contributed by atoms with Crippen LogP contribution < -0.4 is 0 Å². The van der Waals surface area contributed by atoms with Crippen LogP contribution in [0, 0.1) is 0 Å². The van der Waals surface area contributed by atoms with Crippen molar-refractivity contribution in [2.45, 2.75) is 18.9 Å². The molecule has 20 heavy (non-hydrogen) atoms. The van der Waals surface area contributed by atoms with Gasteiger partial charge in [0.1, 0.15) is 5.69 Å². The Morgan fingerprint density at radius 1 is 1.30 bits per heavy atom. The van der Waals surface area contributed by atoms with Crippen LogP contribution in [0.25, 0.3) is 10.9 Å². The minimum atomic E-state index is 0.0933. The van der Waals surface area contributed by atoms with Crippen molar-refractivity contribution in [3.8, 4) is 0 Å². The molecule has 1 aliphatic rings. The summed E-state index contributed by atoms with van der Waals surface area (Å²) < 4.78 is 0. The number of aromatic amines is 1. The second-order valence-electron chi connectivity index (χ2n) is 5.72. The Bertz CT molecular complexity index is 578. The predicted octanol–water partition coefficient (Wildman–Crippen LogP) is 2.33. The van der Waals surface area contributed by atoms with E-state index in [4.69, 9.17) is 0 Å². The van der Waals surface area contributed by atoms with E-state index in [1.54, 1.807) is 0 Å². The third kappa shape index (κ3) is 2.43. The molecule has 2 heterocycles. The van der Waals surface area contributed by atoms with Gasteiger partial charge in [-0.1, -0.05) is 18.2 Å². The lowest BCUT2D eigenvalue weighted by atomic mass is 10.0. The maximum atomic E-state index is 12.6. The molecule has 0 atom stereocenters. The number of hydrogen-bond donors (Lipinski definition) is 1. The lowest BCUT2D eigenvalue weighted by molar-refractivity contribution is 0.0655. The largest absolute Gasteiger partial charge is 0.351 e. The molecule has 2 aromatic rings. The summed E-state index contributed by atoms with van der Waals surface area (Å²) in [7, 11) is 4.06. The zero-order valence-corrected chi connectivity index (χ0v) is 12.1. The first-order valence-electron chi connectivity index (χ1n) is 7.18. The van der Waals surface area contributed by atoms with Crippen LogP contribution in [0.1, 0.15) is 23.3 Å². The van der Waals surface area contributed by atoms with Crippen molar-refractivity contribution < 1.29 is 4.79 Å². The fraction of sp³-hybridized carbons (Fsp3) is 0.438. The molecule has 0 saturated carbocycles. The number of carbonyl (C=O) groups excluding carboxylic acids is 1. The van der Waals surface area contributed by atoms with Gasteiger partial charge in [-0.05, 0) is 45.1 Å². The van der Waals surface area contributed by atoms with Crippen molar-refractivity contribution in [2.75, 3.05) is 27.2 Å². The van der Waals surface area contributed by atoms with E-state index >= 15 is 0 Å². The molecule has 1 aliphatic heterocycles. The van der Waals surface area contributed by atoms with Gasteiger partial charge in [-0.25, -0.2) is 0 Å². The highest BCUT2D eigenvalue weighted by Gasteiger charge is 2.25. The van der Waals surface area contributed by atoms with E-state index < -0.39 is 0 Å². The topological polar surface area (TPSA) is 39.3 Å². The molecule has 0 aliphatic carbocycles. The van der Waals surface area contributed by atoms with Crippen LogP contribution in [0.4, 0.5) is 0 Å². The van der Waals surface area contributed by atoms with Crippen molar-refractivity contribution >= 4 is 16.8 Å². The molecule has 1 aromatic heterocycles. The van der Waals surface area contributed by atoms with Crippen molar-refractivity contribution in [2.24, 2.45) is 0 Å². The number of nitrogens with one attached hydrogen (secondary N) is 1. The molecule has 1 fully saturated rings. The Morgan fingerprint density at radius 3 is 2.70 bits per heavy atom. The molecule has 1 N–H and O–H groups in total. The molecule has 0 bridgehead atoms. The summed E-state index contributed by atoms with van der Waals surface area (Å²) in [5.74, 6) is 0.0933. The minimum absolute atomic E-state index is 0.0933. The predicted molar refractivity (Wildman–Crippen MR) is 80.9 cm³/mol. The number of carbonyl (C=O) groups is 1. The number of H-pyrrole nitrogens is 1. The van der Waals surface area contributed by atoms with Gasteiger partial charge in [-0.3, -0.25) is 4.79 Å². The van der Waals surface area contributed by atoms with E-state index in [2.05, 4.69) is 16.9 Å². The highest BCUT2D eigenvalue weighted by atomic mass is 16.2. The van der Waals surface area contributed by atoms with Crippen molar-refractivity contribution in [1.29, 1.82) is 0 Å². The zero-order valence-electron chi connectivity index (χ0n) is 12.1. The average molecular weight is 271 g/mol. The van der Waals surface area contributed by atoms with E-state index in [0.717, 1.165) is 36.8 Å². The molecule has 4 heteroatoms. The second-order valence-corrected chi connectivity index (χ2v) is 5.72. The maximum absolute atomic E-state index is 12.6. The number of amides is 1. The van der Waals surface area contributed by atoms with E-state index in [1.165, 1.54) is 0 Å². The summed E-state index contributed by atoms with van der Waals surface area (Å²) in [4.78, 5) is 20.0. The molecular formula is C16H21N3O. The van der Waals surface area contributed by atoms with Crippen molar-refractivity contribution in [3.05, 3.63) is 36.0 Å². The summed E-state index contributed by atoms with van der Waals surface area (Å²) in [6, 6.07) is 10.3. The van der Waals surface area contributed by atoms with Crippen molar-refractivity contribution in [3.63, 3.8) is 0 Å². The number of hydrogen-bond acceptors (Lipinski definition) is 2. The van der Waals surface area contributed by atoms with Gasteiger partial charge < -0.3 is 14.8 Å². The smallest absolute Gasteiger partial charge is 0.270 e. The fourth-order valence-corrected chi connectivity index (χ4v) is 2.93. The Morgan fingerprint density at radius 2 is 2.00 bits per heavy atom. The third-order valence-electron chi connectivity index (χ3n) is 4.32. The number of likely N-dealkylation sites (tertiary alicyclic amines) is 1. The van der Waals surface area contributed by atoms with E-state index in [-0.39, 0.29) is 5.91 Å². The average Bonchev–Trinajstić information content (AvgIpc) is 2.90. The van der Waals surface area contributed by atoms with Gasteiger partial charge in [0, 0.05) is 24.0 Å². The molecule has 0 spiro atoms. The van der Waals surface area contributed by atoms with Gasteiger partial charge in [-0.15, -0.1) is 0 Å². The van der Waals surface area contributed by atoms with Gasteiger partial charge in [0.15, 0.2) is 0 Å². The van der Waals surface area contributed by atoms with Crippen LogP contribution in [0.2, 0.25) is 0 Å². The van der Waals surface area contributed by atoms with Crippen LogP contribution in [-0.4, -0.2) is 53.9 Å². The molecule has 1 aromatic carbocycles. The van der Waals surface area contributed by atoms with Crippen LogP contribution >= 0.6 is 0 Å². The summed E-state index contributed by atoms with van der Waals surface area (Å²) in [6.07, 6.45) is 2.11. The lowest BCUT2D eigenvalue weighted by Gasteiger charge is -2.34. The lowest BCUT2D eigenvalue weighted by Crippen LogP contribution is -2.44. The Balaban J connectivity index is 1.77. The quantitative estimate of drug-likeness (QED) is 0.910. The number of fused-ring (bicyclic) bond motifs is 1. The van der Waals surface area contributed by atoms with Gasteiger partial charge in [-0.2, -0.15) is 0 Å². The number of aromatic nitrogens is 1. The minimum Gasteiger partial charge on any atom is -0.351 e. The number of rotatable bonds is 2. The Labute approximate surface area is 119 Å². The summed E-state index contributed by atoms with van der Waals surface area (Å²) >= 11 is 0. The van der Waals surface area contributed by atoms with Crippen LogP contribution in [0.5, 0.6) is 0 Å². The van der Waals surface area contributed by atoms with E-state index in [1.807, 2.05) is 42.3 Å². The summed E-state index contributed by atoms with van der Waals surface area (Å²) in [5, 5.41) is 1.09. The number of piperidine rings is 1. The van der Waals surface area contributed by atoms with Gasteiger partial charge in [0.25, 0.3) is 5.91 Å². The normalized spacial score (nSPS) is 17.5.